The Bertz CT molecular complexity index is 431. The van der Waals surface area contributed by atoms with Crippen LogP contribution in [0.4, 0.5) is 0 Å². The minimum absolute atomic E-state index is 1.08. The molecule has 2 rings (SSSR count). The van der Waals surface area contributed by atoms with Crippen molar-refractivity contribution in [1.29, 1.82) is 0 Å². The van der Waals surface area contributed by atoms with E-state index in [1.807, 2.05) is 6.92 Å². The fourth-order valence-corrected chi connectivity index (χ4v) is 1.90. The first-order valence-corrected chi connectivity index (χ1v) is 4.88. The highest BCUT2D eigenvalue weighted by molar-refractivity contribution is 14.1. The maximum absolute atomic E-state index is 4.17. The summed E-state index contributed by atoms with van der Waals surface area (Å²) in [6.45, 7) is 4.16. The molecule has 12 heavy (non-hydrogen) atoms. The molecule has 0 aliphatic carbocycles. The molecular weight excluding hydrogens is 263 g/mol. The van der Waals surface area contributed by atoms with E-state index in [0.717, 1.165) is 11.2 Å². The highest BCUT2D eigenvalue weighted by atomic mass is 127. The average Bonchev–Trinajstić information content (AvgIpc) is 2.41. The van der Waals surface area contributed by atoms with E-state index in [9.17, 15) is 0 Å². The van der Waals surface area contributed by atoms with Crippen LogP contribution in [0.15, 0.2) is 12.1 Å². The van der Waals surface area contributed by atoms with Crippen molar-refractivity contribution in [2.45, 2.75) is 13.8 Å². The molecule has 1 heterocycles. The van der Waals surface area contributed by atoms with E-state index in [-0.39, 0.29) is 0 Å². The molecule has 0 saturated heterocycles. The topological polar surface area (TPSA) is 28.7 Å². The molecule has 0 aliphatic heterocycles. The van der Waals surface area contributed by atoms with Gasteiger partial charge >= 0.3 is 0 Å². The van der Waals surface area contributed by atoms with Crippen LogP contribution in [0.1, 0.15) is 11.3 Å². The van der Waals surface area contributed by atoms with E-state index in [0.29, 0.717) is 0 Å². The Morgan fingerprint density at radius 1 is 1.33 bits per heavy atom. The van der Waals surface area contributed by atoms with Gasteiger partial charge in [0.15, 0.2) is 0 Å². The molecule has 0 saturated carbocycles. The van der Waals surface area contributed by atoms with Crippen LogP contribution in [-0.2, 0) is 0 Å². The fraction of sp³-hybridized carbons (Fsp3) is 0.222. The van der Waals surface area contributed by atoms with Gasteiger partial charge in [-0.3, -0.25) is 5.10 Å². The van der Waals surface area contributed by atoms with Crippen molar-refractivity contribution in [2.24, 2.45) is 0 Å². The van der Waals surface area contributed by atoms with Crippen molar-refractivity contribution in [3.63, 3.8) is 0 Å². The Balaban J connectivity index is 2.96. The number of nitrogens with zero attached hydrogens (tertiary/aromatic N) is 1. The molecule has 0 radical (unpaired) electrons. The first kappa shape index (κ1) is 8.04. The number of aromatic amines is 1. The maximum Gasteiger partial charge on any atom is 0.0673 e. The quantitative estimate of drug-likeness (QED) is 0.734. The highest BCUT2D eigenvalue weighted by Gasteiger charge is 2.05. The van der Waals surface area contributed by atoms with Gasteiger partial charge in [-0.25, -0.2) is 0 Å². The maximum atomic E-state index is 4.17. The van der Waals surface area contributed by atoms with E-state index >= 15 is 0 Å². The molecule has 0 unspecified atom stereocenters. The van der Waals surface area contributed by atoms with E-state index < -0.39 is 0 Å². The second kappa shape index (κ2) is 2.73. The van der Waals surface area contributed by atoms with Crippen molar-refractivity contribution >= 4 is 33.5 Å². The predicted molar refractivity (Wildman–Crippen MR) is 58.3 cm³/mol. The Labute approximate surface area is 84.5 Å². The molecule has 0 amide bonds. The summed E-state index contributed by atoms with van der Waals surface area (Å²) in [4.78, 5) is 0. The molecule has 3 heteroatoms. The lowest BCUT2D eigenvalue weighted by Crippen LogP contribution is -1.81. The molecule has 2 aromatic rings. The van der Waals surface area contributed by atoms with Crippen LogP contribution < -0.4 is 0 Å². The standard InChI is InChI=1S/C9H9IN2/c1-5-7(10)3-4-8-9(5)6(2)11-12-8/h3-4H,1-2H3,(H,11,12). The van der Waals surface area contributed by atoms with Crippen molar-refractivity contribution in [3.8, 4) is 0 Å². The number of aromatic nitrogens is 2. The SMILES string of the molecule is Cc1n[nH]c2ccc(I)c(C)c12. The Morgan fingerprint density at radius 2 is 2.08 bits per heavy atom. The Morgan fingerprint density at radius 3 is 2.83 bits per heavy atom. The van der Waals surface area contributed by atoms with Crippen LogP contribution in [0.25, 0.3) is 10.9 Å². The van der Waals surface area contributed by atoms with Crippen molar-refractivity contribution < 1.29 is 0 Å². The number of nitrogens with one attached hydrogen (secondary N) is 1. The van der Waals surface area contributed by atoms with Crippen LogP contribution in [0.3, 0.4) is 0 Å². The third-order valence-corrected chi connectivity index (χ3v) is 3.27. The van der Waals surface area contributed by atoms with Gasteiger partial charge in [0.1, 0.15) is 0 Å². The van der Waals surface area contributed by atoms with Gasteiger partial charge in [-0.2, -0.15) is 5.10 Å². The molecule has 0 spiro atoms. The molecule has 0 aliphatic rings. The zero-order chi connectivity index (χ0) is 8.72. The number of hydrogen-bond donors (Lipinski definition) is 1. The zero-order valence-corrected chi connectivity index (χ0v) is 9.14. The Kier molecular flexibility index (Phi) is 1.83. The summed E-state index contributed by atoms with van der Waals surface area (Å²) in [6, 6.07) is 4.18. The minimum atomic E-state index is 1.08. The van der Waals surface area contributed by atoms with Crippen LogP contribution in [-0.4, -0.2) is 10.2 Å². The number of fused-ring (bicyclic) bond motifs is 1. The molecule has 1 aromatic carbocycles. The lowest BCUT2D eigenvalue weighted by molar-refractivity contribution is 1.07. The number of halogens is 1. The molecule has 1 N–H and O–H groups in total. The van der Waals surface area contributed by atoms with Crippen molar-refractivity contribution in [1.82, 2.24) is 10.2 Å². The number of hydrogen-bond acceptors (Lipinski definition) is 1. The highest BCUT2D eigenvalue weighted by Crippen LogP contribution is 2.23. The average molecular weight is 272 g/mol. The summed E-state index contributed by atoms with van der Waals surface area (Å²) in [5.41, 5.74) is 3.53. The third-order valence-electron chi connectivity index (χ3n) is 2.10. The summed E-state index contributed by atoms with van der Waals surface area (Å²) >= 11 is 2.34. The van der Waals surface area contributed by atoms with Gasteiger partial charge in [-0.1, -0.05) is 0 Å². The van der Waals surface area contributed by atoms with Crippen molar-refractivity contribution in [3.05, 3.63) is 27.0 Å². The first-order chi connectivity index (χ1) is 5.70. The molecular formula is C9H9IN2. The van der Waals surface area contributed by atoms with Gasteiger partial charge in [-0.05, 0) is 54.1 Å². The van der Waals surface area contributed by atoms with Gasteiger partial charge < -0.3 is 0 Å². The smallest absolute Gasteiger partial charge is 0.0673 e. The Hall–Kier alpha value is -0.580. The fourth-order valence-electron chi connectivity index (χ4n) is 1.45. The molecule has 0 fully saturated rings. The lowest BCUT2D eigenvalue weighted by atomic mass is 10.1. The van der Waals surface area contributed by atoms with Gasteiger partial charge in [0.25, 0.3) is 0 Å². The second-order valence-corrected chi connectivity index (χ2v) is 4.07. The summed E-state index contributed by atoms with van der Waals surface area (Å²) < 4.78 is 1.30. The van der Waals surface area contributed by atoms with E-state index in [1.165, 1.54) is 14.5 Å². The number of benzene rings is 1. The second-order valence-electron chi connectivity index (χ2n) is 2.90. The molecule has 2 nitrogen and oxygen atoms in total. The van der Waals surface area contributed by atoms with E-state index in [4.69, 9.17) is 0 Å². The van der Waals surface area contributed by atoms with Gasteiger partial charge in [0.05, 0.1) is 11.2 Å². The summed E-state index contributed by atoms with van der Waals surface area (Å²) in [6.07, 6.45) is 0. The summed E-state index contributed by atoms with van der Waals surface area (Å²) in [7, 11) is 0. The largest absolute Gasteiger partial charge is 0.278 e. The predicted octanol–water partition coefficient (Wildman–Crippen LogP) is 2.78. The lowest BCUT2D eigenvalue weighted by Gasteiger charge is -1.98. The molecule has 62 valence electrons. The molecule has 1 aromatic heterocycles. The van der Waals surface area contributed by atoms with Crippen LogP contribution >= 0.6 is 22.6 Å². The van der Waals surface area contributed by atoms with E-state index in [1.54, 1.807) is 0 Å². The zero-order valence-electron chi connectivity index (χ0n) is 6.98. The van der Waals surface area contributed by atoms with Gasteiger partial charge in [0.2, 0.25) is 0 Å². The summed E-state index contributed by atoms with van der Waals surface area (Å²) in [5.74, 6) is 0. The number of H-pyrrole nitrogens is 1. The van der Waals surface area contributed by atoms with Crippen LogP contribution in [0.2, 0.25) is 0 Å². The molecule has 0 atom stereocenters. The van der Waals surface area contributed by atoms with Crippen LogP contribution in [0.5, 0.6) is 0 Å². The normalized spacial score (nSPS) is 10.9. The first-order valence-electron chi connectivity index (χ1n) is 3.80. The molecule has 0 bridgehead atoms. The minimum Gasteiger partial charge on any atom is -0.278 e. The van der Waals surface area contributed by atoms with Crippen molar-refractivity contribution in [2.75, 3.05) is 0 Å². The van der Waals surface area contributed by atoms with E-state index in [2.05, 4.69) is 51.8 Å². The summed E-state index contributed by atoms with van der Waals surface area (Å²) in [5, 5.41) is 8.44. The van der Waals surface area contributed by atoms with Gasteiger partial charge in [-0.15, -0.1) is 0 Å². The third kappa shape index (κ3) is 1.03. The number of rotatable bonds is 0. The van der Waals surface area contributed by atoms with Gasteiger partial charge in [0, 0.05) is 8.96 Å². The van der Waals surface area contributed by atoms with Crippen LogP contribution in [0, 0.1) is 17.4 Å². The monoisotopic (exact) mass is 272 g/mol. The number of aryl methyl sites for hydroxylation is 2.